The highest BCUT2D eigenvalue weighted by molar-refractivity contribution is 7.16. The molecule has 6 heteroatoms. The Morgan fingerprint density at radius 3 is 3.00 bits per heavy atom. The molecule has 0 radical (unpaired) electrons. The van der Waals surface area contributed by atoms with Crippen molar-refractivity contribution in [1.82, 2.24) is 10.2 Å². The minimum Gasteiger partial charge on any atom is -0.461 e. The van der Waals surface area contributed by atoms with Crippen molar-refractivity contribution in [2.45, 2.75) is 6.92 Å². The van der Waals surface area contributed by atoms with Crippen molar-refractivity contribution >= 4 is 28.9 Å². The monoisotopic (exact) mass is 268 g/mol. The highest BCUT2D eigenvalue weighted by atomic mass is 35.5. The van der Waals surface area contributed by atoms with Gasteiger partial charge in [0.25, 0.3) is 0 Å². The Labute approximate surface area is 107 Å². The summed E-state index contributed by atoms with van der Waals surface area (Å²) in [6.45, 7) is 2.07. The number of ether oxygens (including phenoxy) is 1. The maximum absolute atomic E-state index is 11.4. The first kappa shape index (κ1) is 12.0. The molecule has 88 valence electrons. The van der Waals surface area contributed by atoms with Crippen LogP contribution in [-0.4, -0.2) is 22.8 Å². The van der Waals surface area contributed by atoms with E-state index >= 15 is 0 Å². The molecule has 0 spiro atoms. The molecule has 0 aliphatic rings. The van der Waals surface area contributed by atoms with Crippen LogP contribution >= 0.6 is 22.9 Å². The third-order valence-electron chi connectivity index (χ3n) is 1.95. The fourth-order valence-electron chi connectivity index (χ4n) is 1.24. The standard InChI is InChI=1S/C11H9ClN2O2S/c1-2-16-11(15)10-14-13-9(17-10)7-4-3-5-8(12)6-7/h3-6H,2H2,1H3. The summed E-state index contributed by atoms with van der Waals surface area (Å²) < 4.78 is 4.84. The van der Waals surface area contributed by atoms with Gasteiger partial charge in [0, 0.05) is 10.6 Å². The van der Waals surface area contributed by atoms with Crippen molar-refractivity contribution in [1.29, 1.82) is 0 Å². The van der Waals surface area contributed by atoms with Gasteiger partial charge < -0.3 is 4.74 Å². The van der Waals surface area contributed by atoms with Crippen LogP contribution in [0.2, 0.25) is 5.02 Å². The Bertz CT molecular complexity index is 542. The van der Waals surface area contributed by atoms with Crippen LogP contribution < -0.4 is 0 Å². The van der Waals surface area contributed by atoms with Crippen LogP contribution in [0.15, 0.2) is 24.3 Å². The first-order chi connectivity index (χ1) is 8.20. The van der Waals surface area contributed by atoms with Crippen molar-refractivity contribution < 1.29 is 9.53 Å². The van der Waals surface area contributed by atoms with Gasteiger partial charge in [0.1, 0.15) is 5.01 Å². The second-order valence-electron chi connectivity index (χ2n) is 3.14. The number of hydrogen-bond acceptors (Lipinski definition) is 5. The molecule has 0 saturated carbocycles. The minimum atomic E-state index is -0.446. The molecule has 0 fully saturated rings. The molecule has 17 heavy (non-hydrogen) atoms. The van der Waals surface area contributed by atoms with Crippen LogP contribution in [0.4, 0.5) is 0 Å². The van der Waals surface area contributed by atoms with Crippen molar-refractivity contribution in [3.63, 3.8) is 0 Å². The summed E-state index contributed by atoms with van der Waals surface area (Å²) in [4.78, 5) is 11.4. The van der Waals surface area contributed by atoms with E-state index in [1.807, 2.05) is 12.1 Å². The average molecular weight is 269 g/mol. The van der Waals surface area contributed by atoms with E-state index in [2.05, 4.69) is 10.2 Å². The largest absolute Gasteiger partial charge is 0.461 e. The summed E-state index contributed by atoms with van der Waals surface area (Å²) in [5.74, 6) is -0.446. The lowest BCUT2D eigenvalue weighted by molar-refractivity contribution is 0.0525. The Morgan fingerprint density at radius 2 is 2.29 bits per heavy atom. The van der Waals surface area contributed by atoms with E-state index in [1.54, 1.807) is 19.1 Å². The highest BCUT2D eigenvalue weighted by Gasteiger charge is 2.14. The van der Waals surface area contributed by atoms with E-state index < -0.39 is 5.97 Å². The lowest BCUT2D eigenvalue weighted by Crippen LogP contribution is -2.03. The van der Waals surface area contributed by atoms with Crippen LogP contribution in [0, 0.1) is 0 Å². The zero-order valence-corrected chi connectivity index (χ0v) is 10.6. The van der Waals surface area contributed by atoms with E-state index in [4.69, 9.17) is 16.3 Å². The molecule has 1 aromatic carbocycles. The molecule has 0 aliphatic heterocycles. The van der Waals surface area contributed by atoms with Gasteiger partial charge in [0.15, 0.2) is 0 Å². The summed E-state index contributed by atoms with van der Waals surface area (Å²) in [6, 6.07) is 7.24. The normalized spacial score (nSPS) is 10.2. The van der Waals surface area contributed by atoms with Crippen LogP contribution in [-0.2, 0) is 4.74 Å². The fraction of sp³-hybridized carbons (Fsp3) is 0.182. The number of carbonyl (C=O) groups is 1. The van der Waals surface area contributed by atoms with Crippen molar-refractivity contribution in [3.8, 4) is 10.6 Å². The van der Waals surface area contributed by atoms with Gasteiger partial charge in [0.2, 0.25) is 5.01 Å². The molecule has 0 saturated heterocycles. The van der Waals surface area contributed by atoms with E-state index in [9.17, 15) is 4.79 Å². The Hall–Kier alpha value is -1.46. The molecule has 0 N–H and O–H groups in total. The number of hydrogen-bond donors (Lipinski definition) is 0. The lowest BCUT2D eigenvalue weighted by Gasteiger charge is -1.95. The first-order valence-corrected chi connectivity index (χ1v) is 6.16. The highest BCUT2D eigenvalue weighted by Crippen LogP contribution is 2.25. The molecular formula is C11H9ClN2O2S. The van der Waals surface area contributed by atoms with Crippen LogP contribution in [0.3, 0.4) is 0 Å². The topological polar surface area (TPSA) is 52.1 Å². The van der Waals surface area contributed by atoms with Gasteiger partial charge in [-0.05, 0) is 19.1 Å². The smallest absolute Gasteiger partial charge is 0.369 e. The second-order valence-corrected chi connectivity index (χ2v) is 4.56. The molecule has 0 atom stereocenters. The Morgan fingerprint density at radius 1 is 1.47 bits per heavy atom. The molecule has 0 bridgehead atoms. The van der Waals surface area contributed by atoms with Gasteiger partial charge in [-0.3, -0.25) is 0 Å². The van der Waals surface area contributed by atoms with E-state index in [0.717, 1.165) is 5.56 Å². The summed E-state index contributed by atoms with van der Waals surface area (Å²) in [6.07, 6.45) is 0. The molecule has 1 heterocycles. The van der Waals surface area contributed by atoms with E-state index in [1.165, 1.54) is 11.3 Å². The Kier molecular flexibility index (Phi) is 3.71. The quantitative estimate of drug-likeness (QED) is 0.803. The summed E-state index contributed by atoms with van der Waals surface area (Å²) in [5.41, 5.74) is 0.838. The minimum absolute atomic E-state index is 0.252. The van der Waals surface area contributed by atoms with Gasteiger partial charge in [-0.1, -0.05) is 35.1 Å². The number of aromatic nitrogens is 2. The molecule has 2 aromatic rings. The van der Waals surface area contributed by atoms with Crippen molar-refractivity contribution in [2.24, 2.45) is 0 Å². The van der Waals surface area contributed by atoms with Crippen molar-refractivity contribution in [2.75, 3.05) is 6.61 Å². The van der Waals surface area contributed by atoms with Crippen LogP contribution in [0.25, 0.3) is 10.6 Å². The number of esters is 1. The second kappa shape index (κ2) is 5.25. The zero-order valence-electron chi connectivity index (χ0n) is 9.01. The number of rotatable bonds is 3. The molecule has 2 rings (SSSR count). The molecule has 0 unspecified atom stereocenters. The predicted octanol–water partition coefficient (Wildman–Crippen LogP) is 3.04. The van der Waals surface area contributed by atoms with E-state index in [0.29, 0.717) is 16.6 Å². The van der Waals surface area contributed by atoms with Gasteiger partial charge in [0.05, 0.1) is 6.61 Å². The predicted molar refractivity (Wildman–Crippen MR) is 66.3 cm³/mol. The molecule has 4 nitrogen and oxygen atoms in total. The SMILES string of the molecule is CCOC(=O)c1nnc(-c2cccc(Cl)c2)s1. The average Bonchev–Trinajstić information content (AvgIpc) is 2.78. The van der Waals surface area contributed by atoms with Crippen LogP contribution in [0.5, 0.6) is 0 Å². The van der Waals surface area contributed by atoms with Crippen LogP contribution in [0.1, 0.15) is 16.7 Å². The van der Waals surface area contributed by atoms with E-state index in [-0.39, 0.29) is 5.01 Å². The zero-order chi connectivity index (χ0) is 12.3. The third kappa shape index (κ3) is 2.81. The summed E-state index contributed by atoms with van der Waals surface area (Å²) in [7, 11) is 0. The van der Waals surface area contributed by atoms with Gasteiger partial charge >= 0.3 is 5.97 Å². The summed E-state index contributed by atoms with van der Waals surface area (Å²) in [5, 5.41) is 9.25. The molecular weight excluding hydrogens is 260 g/mol. The number of nitrogens with zero attached hydrogens (tertiary/aromatic N) is 2. The Balaban J connectivity index is 2.27. The number of benzene rings is 1. The number of carbonyl (C=O) groups excluding carboxylic acids is 1. The van der Waals surface area contributed by atoms with Gasteiger partial charge in [-0.25, -0.2) is 4.79 Å². The molecule has 1 aromatic heterocycles. The van der Waals surface area contributed by atoms with Gasteiger partial charge in [-0.2, -0.15) is 0 Å². The van der Waals surface area contributed by atoms with Crippen molar-refractivity contribution in [3.05, 3.63) is 34.3 Å². The fourth-order valence-corrected chi connectivity index (χ4v) is 2.16. The lowest BCUT2D eigenvalue weighted by atomic mass is 10.2. The number of halogens is 1. The first-order valence-electron chi connectivity index (χ1n) is 4.97. The maximum Gasteiger partial charge on any atom is 0.369 e. The van der Waals surface area contributed by atoms with Gasteiger partial charge in [-0.15, -0.1) is 10.2 Å². The molecule has 0 aliphatic carbocycles. The summed E-state index contributed by atoms with van der Waals surface area (Å²) >= 11 is 7.07. The third-order valence-corrected chi connectivity index (χ3v) is 3.13. The molecule has 0 amide bonds. The maximum atomic E-state index is 11.4.